The van der Waals surface area contributed by atoms with E-state index in [0.717, 1.165) is 5.57 Å². The Balaban J connectivity index is 1.58. The van der Waals surface area contributed by atoms with Crippen LogP contribution < -0.4 is 0 Å². The third-order valence-electron chi connectivity index (χ3n) is 11.3. The Kier molecular flexibility index (Phi) is 5.42. The maximum absolute atomic E-state index is 14.2. The minimum absolute atomic E-state index is 0.0373. The topological polar surface area (TPSA) is 138 Å². The van der Waals surface area contributed by atoms with E-state index in [1.54, 1.807) is 19.9 Å². The van der Waals surface area contributed by atoms with Crippen molar-refractivity contribution in [3.05, 3.63) is 23.3 Å². The zero-order valence-electron chi connectivity index (χ0n) is 23.3. The lowest BCUT2D eigenvalue weighted by Gasteiger charge is -2.59. The van der Waals surface area contributed by atoms with Crippen molar-refractivity contribution in [2.75, 3.05) is 0 Å². The lowest BCUT2D eigenvalue weighted by molar-refractivity contribution is -0.149. The van der Waals surface area contributed by atoms with Crippen LogP contribution in [0.3, 0.4) is 0 Å². The number of allylic oxidation sites excluding steroid dienone is 2. The largest absolute Gasteiger partial charge is 0.481 e. The average molecular weight is 527 g/mol. The number of rotatable bonds is 6. The van der Waals surface area contributed by atoms with Gasteiger partial charge in [-0.15, -0.1) is 0 Å². The van der Waals surface area contributed by atoms with Gasteiger partial charge in [0, 0.05) is 24.7 Å². The molecule has 38 heavy (non-hydrogen) atoms. The molecule has 1 spiro atoms. The fourth-order valence-electron chi connectivity index (χ4n) is 8.82. The number of fused-ring (bicyclic) bond motifs is 3. The zero-order valence-corrected chi connectivity index (χ0v) is 23.3. The summed E-state index contributed by atoms with van der Waals surface area (Å²) in [6.45, 7) is 12.3. The second-order valence-electron chi connectivity index (χ2n) is 13.7. The Labute approximate surface area is 222 Å². The van der Waals surface area contributed by atoms with E-state index in [4.69, 9.17) is 4.74 Å². The van der Waals surface area contributed by atoms with Crippen molar-refractivity contribution in [3.8, 4) is 0 Å². The van der Waals surface area contributed by atoms with E-state index < -0.39 is 57.0 Å². The molecule has 0 aromatic rings. The van der Waals surface area contributed by atoms with Gasteiger partial charge < -0.3 is 14.9 Å². The van der Waals surface area contributed by atoms with Crippen molar-refractivity contribution in [1.29, 1.82) is 0 Å². The fourth-order valence-corrected chi connectivity index (χ4v) is 8.82. The zero-order chi connectivity index (χ0) is 28.4. The van der Waals surface area contributed by atoms with Crippen molar-refractivity contribution in [2.24, 2.45) is 33.5 Å². The van der Waals surface area contributed by atoms with Crippen LogP contribution in [-0.2, 0) is 28.7 Å². The number of carboxylic acids is 1. The highest BCUT2D eigenvalue weighted by molar-refractivity contribution is 6.14. The Morgan fingerprint density at radius 2 is 1.74 bits per heavy atom. The second-order valence-corrected chi connectivity index (χ2v) is 13.7. The first-order chi connectivity index (χ1) is 17.3. The summed E-state index contributed by atoms with van der Waals surface area (Å²) in [5.74, 6) is -2.97. The summed E-state index contributed by atoms with van der Waals surface area (Å²) < 4.78 is 6.48. The van der Waals surface area contributed by atoms with Gasteiger partial charge in [-0.1, -0.05) is 27.7 Å². The van der Waals surface area contributed by atoms with Gasteiger partial charge in [0.25, 0.3) is 0 Å². The van der Waals surface area contributed by atoms with Crippen LogP contribution in [0.2, 0.25) is 0 Å². The number of aliphatic hydroxyl groups is 1. The molecule has 0 amide bonds. The molecule has 0 bridgehead atoms. The highest BCUT2D eigenvalue weighted by Crippen LogP contribution is 2.78. The molecule has 8 nitrogen and oxygen atoms in total. The van der Waals surface area contributed by atoms with Crippen LogP contribution in [0.1, 0.15) is 80.6 Å². The number of ether oxygens (including phenoxy) is 1. The third kappa shape index (κ3) is 2.96. The number of ketones is 4. The molecule has 4 aliphatic carbocycles. The van der Waals surface area contributed by atoms with Crippen molar-refractivity contribution < 1.29 is 38.9 Å². The van der Waals surface area contributed by atoms with Crippen LogP contribution in [0.4, 0.5) is 0 Å². The molecule has 206 valence electrons. The monoisotopic (exact) mass is 526 g/mol. The number of hydrogen-bond acceptors (Lipinski definition) is 7. The van der Waals surface area contributed by atoms with Gasteiger partial charge in [-0.05, 0) is 68.2 Å². The molecular formula is C30H38O8. The van der Waals surface area contributed by atoms with Crippen LogP contribution >= 0.6 is 0 Å². The summed E-state index contributed by atoms with van der Waals surface area (Å²) in [6, 6.07) is 0. The minimum atomic E-state index is -1.83. The molecule has 0 radical (unpaired) electrons. The molecule has 5 aliphatic rings. The lowest BCUT2D eigenvalue weighted by atomic mass is 9.40. The van der Waals surface area contributed by atoms with Crippen molar-refractivity contribution in [3.63, 3.8) is 0 Å². The van der Waals surface area contributed by atoms with Crippen LogP contribution in [0.5, 0.6) is 0 Å². The predicted octanol–water partition coefficient (Wildman–Crippen LogP) is 3.39. The first-order valence-electron chi connectivity index (χ1n) is 13.5. The Morgan fingerprint density at radius 1 is 1.11 bits per heavy atom. The van der Waals surface area contributed by atoms with Crippen molar-refractivity contribution in [2.45, 2.75) is 97.9 Å². The molecule has 3 fully saturated rings. The van der Waals surface area contributed by atoms with E-state index >= 15 is 0 Å². The summed E-state index contributed by atoms with van der Waals surface area (Å²) in [4.78, 5) is 64.9. The van der Waals surface area contributed by atoms with Gasteiger partial charge in [-0.3, -0.25) is 24.0 Å². The molecule has 5 rings (SSSR count). The van der Waals surface area contributed by atoms with E-state index in [9.17, 15) is 34.2 Å². The number of hydrogen-bond donors (Lipinski definition) is 2. The number of carbonyl (C=O) groups is 5. The molecule has 8 heteroatoms. The molecular weight excluding hydrogens is 488 g/mol. The molecule has 0 unspecified atom stereocenters. The maximum atomic E-state index is 14.2. The van der Waals surface area contributed by atoms with Gasteiger partial charge in [0.05, 0.1) is 28.5 Å². The number of Topliss-reactive ketones (excluding diaryl/α,β-unsaturated/α-hetero) is 2. The summed E-state index contributed by atoms with van der Waals surface area (Å²) in [5, 5.41) is 20.8. The lowest BCUT2D eigenvalue weighted by Crippen LogP contribution is -2.65. The van der Waals surface area contributed by atoms with Gasteiger partial charge in [-0.25, -0.2) is 0 Å². The minimum Gasteiger partial charge on any atom is -0.481 e. The molecule has 1 aliphatic heterocycles. The molecule has 1 saturated heterocycles. The van der Waals surface area contributed by atoms with Crippen LogP contribution in [0.25, 0.3) is 0 Å². The molecule has 8 atom stereocenters. The second kappa shape index (κ2) is 7.60. The van der Waals surface area contributed by atoms with E-state index in [1.807, 2.05) is 13.8 Å². The molecule has 2 N–H and O–H groups in total. The first-order valence-corrected chi connectivity index (χ1v) is 13.5. The average Bonchev–Trinajstić information content (AvgIpc) is 3.48. The SMILES string of the molecule is C[C@H](CC(=O)C[C@](C)(O)C1=CC(=O)[C@]2(C)[C@]1(C)C(=O)C=C1[C@@]3(C)CCC(=O)C(C)(C)[C@H]3C[C@H]3O[C@@]132)C(=O)O. The van der Waals surface area contributed by atoms with Gasteiger partial charge >= 0.3 is 5.97 Å². The van der Waals surface area contributed by atoms with E-state index in [1.165, 1.54) is 19.9 Å². The standard InChI is InChI=1S/C30H38O8/c1-15(24(35)36)10-16(31)14-27(5,37)19-12-22(34)29(7)28(19,6)21(33)11-18-26(4)9-8-20(32)25(2,3)17(26)13-23-30(18,29)38-23/h11-12,15,17,23,37H,8-10,13-14H2,1-7H3,(H,35,36)/t15-,17-,23-,26+,27+,28+,29-,30+/m1/s1. The third-order valence-corrected chi connectivity index (χ3v) is 11.3. The predicted molar refractivity (Wildman–Crippen MR) is 136 cm³/mol. The quantitative estimate of drug-likeness (QED) is 0.502. The Bertz CT molecular complexity index is 1270. The maximum Gasteiger partial charge on any atom is 0.306 e. The number of carboxylic acid groups (broad SMARTS) is 1. The van der Waals surface area contributed by atoms with Crippen molar-refractivity contribution >= 4 is 29.1 Å². The normalized spacial score (nSPS) is 43.0. The fraction of sp³-hybridized carbons (Fsp3) is 0.700. The van der Waals surface area contributed by atoms with Gasteiger partial charge in [0.15, 0.2) is 11.6 Å². The van der Waals surface area contributed by atoms with Gasteiger partial charge in [0.2, 0.25) is 0 Å². The summed E-state index contributed by atoms with van der Waals surface area (Å²) in [6.07, 6.45) is 3.48. The van der Waals surface area contributed by atoms with Crippen LogP contribution in [0, 0.1) is 33.5 Å². The van der Waals surface area contributed by atoms with Gasteiger partial charge in [0.1, 0.15) is 17.2 Å². The first kappa shape index (κ1) is 27.1. The summed E-state index contributed by atoms with van der Waals surface area (Å²) >= 11 is 0. The molecule has 2 saturated carbocycles. The molecule has 0 aromatic carbocycles. The highest BCUT2D eigenvalue weighted by Gasteiger charge is 2.85. The molecule has 1 heterocycles. The number of epoxide rings is 1. The number of carbonyl (C=O) groups excluding carboxylic acids is 4. The number of aliphatic carboxylic acids is 1. The van der Waals surface area contributed by atoms with E-state index in [-0.39, 0.29) is 41.4 Å². The van der Waals surface area contributed by atoms with E-state index in [2.05, 4.69) is 6.92 Å². The smallest absolute Gasteiger partial charge is 0.306 e. The highest BCUT2D eigenvalue weighted by atomic mass is 16.6. The Morgan fingerprint density at radius 3 is 2.34 bits per heavy atom. The van der Waals surface area contributed by atoms with Gasteiger partial charge in [-0.2, -0.15) is 0 Å². The molecule has 0 aromatic heterocycles. The van der Waals surface area contributed by atoms with Crippen LogP contribution in [-0.4, -0.2) is 56.6 Å². The Hall–Kier alpha value is -2.45. The van der Waals surface area contributed by atoms with Crippen molar-refractivity contribution in [1.82, 2.24) is 0 Å². The summed E-state index contributed by atoms with van der Waals surface area (Å²) in [5.41, 5.74) is -5.77. The van der Waals surface area contributed by atoms with Crippen LogP contribution in [0.15, 0.2) is 23.3 Å². The summed E-state index contributed by atoms with van der Waals surface area (Å²) in [7, 11) is 0. The van der Waals surface area contributed by atoms with E-state index in [0.29, 0.717) is 19.3 Å².